The molecular weight excluding hydrogens is 214 g/mol. The van der Waals surface area contributed by atoms with E-state index in [1.54, 1.807) is 0 Å². The summed E-state index contributed by atoms with van der Waals surface area (Å²) in [5, 5.41) is 0. The van der Waals surface area contributed by atoms with Crippen LogP contribution in [0.3, 0.4) is 0 Å². The van der Waals surface area contributed by atoms with E-state index in [1.807, 2.05) is 26.2 Å². The molecule has 1 aromatic rings. The first kappa shape index (κ1) is 12.2. The van der Waals surface area contributed by atoms with E-state index in [0.29, 0.717) is 5.92 Å². The number of rotatable bonds is 3. The molecule has 0 aromatic carbocycles. The number of ether oxygens (including phenoxy) is 1. The predicted octanol–water partition coefficient (Wildman–Crippen LogP) is 1.84. The van der Waals surface area contributed by atoms with Gasteiger partial charge in [-0.1, -0.05) is 0 Å². The molecule has 1 unspecified atom stereocenters. The van der Waals surface area contributed by atoms with Gasteiger partial charge in [0.2, 0.25) is 0 Å². The fourth-order valence-corrected chi connectivity index (χ4v) is 2.28. The van der Waals surface area contributed by atoms with Crippen molar-refractivity contribution in [3.8, 4) is 0 Å². The summed E-state index contributed by atoms with van der Waals surface area (Å²) in [6, 6.07) is 1.94. The molecule has 0 spiro atoms. The van der Waals surface area contributed by atoms with E-state index in [9.17, 15) is 0 Å². The smallest absolute Gasteiger partial charge is 0.151 e. The third kappa shape index (κ3) is 2.88. The lowest BCUT2D eigenvalue weighted by molar-refractivity contribution is 0.0576. The van der Waals surface area contributed by atoms with Crippen LogP contribution in [0.2, 0.25) is 0 Å². The average Bonchev–Trinajstić information content (AvgIpc) is 2.34. The van der Waals surface area contributed by atoms with Crippen molar-refractivity contribution < 1.29 is 4.74 Å². The van der Waals surface area contributed by atoms with E-state index < -0.39 is 0 Å². The lowest BCUT2D eigenvalue weighted by atomic mass is 10.0. The molecule has 0 saturated carbocycles. The second-order valence-corrected chi connectivity index (χ2v) is 4.83. The highest BCUT2D eigenvalue weighted by molar-refractivity contribution is 5.65. The molecule has 17 heavy (non-hydrogen) atoms. The average molecular weight is 235 g/mol. The molecule has 1 atom stereocenters. The van der Waals surface area contributed by atoms with Gasteiger partial charge < -0.3 is 15.4 Å². The molecule has 1 saturated heterocycles. The summed E-state index contributed by atoms with van der Waals surface area (Å²) in [6.45, 7) is 4.74. The van der Waals surface area contributed by atoms with Crippen LogP contribution in [0.5, 0.6) is 0 Å². The number of nitrogens with zero attached hydrogens (tertiary/aromatic N) is 2. The van der Waals surface area contributed by atoms with Crippen molar-refractivity contribution >= 4 is 11.5 Å². The summed E-state index contributed by atoms with van der Waals surface area (Å²) in [6.07, 6.45) is 4.21. The molecule has 0 radical (unpaired) electrons. The van der Waals surface area contributed by atoms with E-state index >= 15 is 0 Å². The van der Waals surface area contributed by atoms with Crippen molar-refractivity contribution in [2.75, 3.05) is 37.4 Å². The highest BCUT2D eigenvalue weighted by Crippen LogP contribution is 2.24. The number of anilines is 2. The second-order valence-electron chi connectivity index (χ2n) is 4.83. The Bertz CT molecular complexity index is 375. The first-order valence-electron chi connectivity index (χ1n) is 6.18. The van der Waals surface area contributed by atoms with Gasteiger partial charge >= 0.3 is 0 Å². The maximum Gasteiger partial charge on any atom is 0.151 e. The summed E-state index contributed by atoms with van der Waals surface area (Å²) < 4.78 is 5.49. The molecule has 2 rings (SSSR count). The van der Waals surface area contributed by atoms with Gasteiger partial charge in [0.25, 0.3) is 0 Å². The molecule has 2 N–H and O–H groups in total. The fourth-order valence-electron chi connectivity index (χ4n) is 2.28. The fraction of sp³-hybridized carbons (Fsp3) is 0.615. The lowest BCUT2D eigenvalue weighted by Crippen LogP contribution is -2.31. The highest BCUT2D eigenvalue weighted by Gasteiger charge is 2.18. The van der Waals surface area contributed by atoms with Gasteiger partial charge in [0.1, 0.15) is 0 Å². The van der Waals surface area contributed by atoms with Crippen molar-refractivity contribution in [1.82, 2.24) is 4.98 Å². The van der Waals surface area contributed by atoms with Gasteiger partial charge in [-0.25, -0.2) is 4.98 Å². The minimum atomic E-state index is 0.593. The van der Waals surface area contributed by atoms with Crippen LogP contribution >= 0.6 is 0 Å². The third-order valence-electron chi connectivity index (χ3n) is 3.34. The first-order valence-corrected chi connectivity index (χ1v) is 6.18. The maximum absolute atomic E-state index is 6.05. The number of aryl methyl sites for hydroxylation is 1. The van der Waals surface area contributed by atoms with Gasteiger partial charge in [-0.05, 0) is 37.3 Å². The van der Waals surface area contributed by atoms with Crippen LogP contribution in [0.1, 0.15) is 18.4 Å². The van der Waals surface area contributed by atoms with Crippen molar-refractivity contribution in [1.29, 1.82) is 0 Å². The quantitative estimate of drug-likeness (QED) is 0.868. The van der Waals surface area contributed by atoms with Gasteiger partial charge in [0.15, 0.2) is 5.82 Å². The summed E-state index contributed by atoms with van der Waals surface area (Å²) in [5.74, 6) is 1.48. The van der Waals surface area contributed by atoms with Gasteiger partial charge in [-0.2, -0.15) is 0 Å². The van der Waals surface area contributed by atoms with Crippen LogP contribution in [0, 0.1) is 12.8 Å². The Balaban J connectivity index is 2.03. The number of nitrogens with two attached hydrogens (primary N) is 1. The Morgan fingerprint density at radius 2 is 2.41 bits per heavy atom. The minimum absolute atomic E-state index is 0.593. The molecular formula is C13H21N3O. The van der Waals surface area contributed by atoms with Crippen molar-refractivity contribution in [3.63, 3.8) is 0 Å². The lowest BCUT2D eigenvalue weighted by Gasteiger charge is -2.28. The Labute approximate surface area is 103 Å². The van der Waals surface area contributed by atoms with Crippen molar-refractivity contribution in [2.45, 2.75) is 19.8 Å². The van der Waals surface area contributed by atoms with E-state index in [0.717, 1.165) is 43.2 Å². The van der Waals surface area contributed by atoms with E-state index in [4.69, 9.17) is 10.5 Å². The van der Waals surface area contributed by atoms with Crippen LogP contribution in [0.15, 0.2) is 12.3 Å². The number of aromatic nitrogens is 1. The Hall–Kier alpha value is -1.29. The standard InChI is InChI=1S/C13H21N3O/c1-10-5-6-15-13(12(10)14)16(2)8-11-4-3-7-17-9-11/h5-6,11H,3-4,7-9,14H2,1-2H3. The van der Waals surface area contributed by atoms with Crippen molar-refractivity contribution in [2.24, 2.45) is 5.92 Å². The number of nitrogen functional groups attached to an aromatic ring is 1. The van der Waals surface area contributed by atoms with Crippen molar-refractivity contribution in [3.05, 3.63) is 17.8 Å². The molecule has 4 nitrogen and oxygen atoms in total. The van der Waals surface area contributed by atoms with E-state index in [1.165, 1.54) is 6.42 Å². The van der Waals surface area contributed by atoms with Gasteiger partial charge in [0, 0.05) is 26.4 Å². The zero-order valence-electron chi connectivity index (χ0n) is 10.6. The largest absolute Gasteiger partial charge is 0.396 e. The Morgan fingerprint density at radius 3 is 3.12 bits per heavy atom. The highest BCUT2D eigenvalue weighted by atomic mass is 16.5. The second kappa shape index (κ2) is 5.36. The van der Waals surface area contributed by atoms with Crippen LogP contribution in [-0.2, 0) is 4.74 Å². The van der Waals surface area contributed by atoms with Crippen LogP contribution < -0.4 is 10.6 Å². The van der Waals surface area contributed by atoms with E-state index in [-0.39, 0.29) is 0 Å². The van der Waals surface area contributed by atoms with Gasteiger partial charge in [-0.15, -0.1) is 0 Å². The summed E-state index contributed by atoms with van der Waals surface area (Å²) >= 11 is 0. The predicted molar refractivity (Wildman–Crippen MR) is 70.2 cm³/mol. The molecule has 94 valence electrons. The number of hydrogen-bond acceptors (Lipinski definition) is 4. The molecule has 2 heterocycles. The van der Waals surface area contributed by atoms with Crippen LogP contribution in [-0.4, -0.2) is 31.8 Å². The molecule has 0 bridgehead atoms. The maximum atomic E-state index is 6.05. The molecule has 0 aliphatic carbocycles. The normalized spacial score (nSPS) is 20.2. The first-order chi connectivity index (χ1) is 8.18. The zero-order valence-corrected chi connectivity index (χ0v) is 10.6. The Kier molecular flexibility index (Phi) is 3.84. The molecule has 1 aliphatic rings. The molecule has 1 aliphatic heterocycles. The molecule has 4 heteroatoms. The molecule has 1 fully saturated rings. The zero-order chi connectivity index (χ0) is 12.3. The van der Waals surface area contributed by atoms with Crippen LogP contribution in [0.4, 0.5) is 11.5 Å². The molecule has 1 aromatic heterocycles. The Morgan fingerprint density at radius 1 is 1.59 bits per heavy atom. The van der Waals surface area contributed by atoms with Crippen LogP contribution in [0.25, 0.3) is 0 Å². The van der Waals surface area contributed by atoms with E-state index in [2.05, 4.69) is 9.88 Å². The summed E-state index contributed by atoms with van der Waals surface area (Å²) in [4.78, 5) is 6.51. The number of pyridine rings is 1. The summed E-state index contributed by atoms with van der Waals surface area (Å²) in [5.41, 5.74) is 7.92. The number of hydrogen-bond donors (Lipinski definition) is 1. The van der Waals surface area contributed by atoms with Gasteiger partial charge in [0.05, 0.1) is 12.3 Å². The van der Waals surface area contributed by atoms with Gasteiger partial charge in [-0.3, -0.25) is 0 Å². The topological polar surface area (TPSA) is 51.4 Å². The minimum Gasteiger partial charge on any atom is -0.396 e. The molecule has 0 amide bonds. The third-order valence-corrected chi connectivity index (χ3v) is 3.34. The monoisotopic (exact) mass is 235 g/mol. The summed E-state index contributed by atoms with van der Waals surface area (Å²) in [7, 11) is 2.05. The SMILES string of the molecule is Cc1ccnc(N(C)CC2CCCOC2)c1N.